The van der Waals surface area contributed by atoms with E-state index in [9.17, 15) is 23.3 Å². The van der Waals surface area contributed by atoms with Crippen LogP contribution in [-0.2, 0) is 19.6 Å². The van der Waals surface area contributed by atoms with E-state index in [1.54, 1.807) is 24.3 Å². The number of sulfonamides is 1. The van der Waals surface area contributed by atoms with E-state index in [0.29, 0.717) is 43.2 Å². The first-order chi connectivity index (χ1) is 16.3. The first-order valence-electron chi connectivity index (χ1n) is 11.0. The Morgan fingerprint density at radius 3 is 2.38 bits per heavy atom. The lowest BCUT2D eigenvalue weighted by molar-refractivity contribution is -0.384. The van der Waals surface area contributed by atoms with Crippen molar-refractivity contribution >= 4 is 39.1 Å². The number of nitrogens with zero attached hydrogens (tertiary/aromatic N) is 3. The molecule has 10 nitrogen and oxygen atoms in total. The Morgan fingerprint density at radius 2 is 1.79 bits per heavy atom. The summed E-state index contributed by atoms with van der Waals surface area (Å²) in [6.45, 7) is 6.53. The molecule has 2 aromatic rings. The highest BCUT2D eigenvalue weighted by Crippen LogP contribution is 2.30. The normalized spacial score (nSPS) is 14.8. The lowest BCUT2D eigenvalue weighted by Crippen LogP contribution is -2.40. The third kappa shape index (κ3) is 5.99. The molecule has 11 heteroatoms. The number of amides is 1. The number of carbonyl (C=O) groups excluding carboxylic acids is 1. The number of hydrogen-bond donors (Lipinski definition) is 1. The number of rotatable bonds is 9. The summed E-state index contributed by atoms with van der Waals surface area (Å²) in [7, 11) is -3.73. The van der Waals surface area contributed by atoms with Gasteiger partial charge in [-0.15, -0.1) is 0 Å². The van der Waals surface area contributed by atoms with Gasteiger partial charge in [-0.1, -0.05) is 0 Å². The maximum Gasteiger partial charge on any atom is 0.269 e. The topological polar surface area (TPSA) is 122 Å². The number of morpholine rings is 1. The second kappa shape index (κ2) is 11.2. The summed E-state index contributed by atoms with van der Waals surface area (Å²) in [4.78, 5) is 25.1. The van der Waals surface area contributed by atoms with E-state index in [0.717, 1.165) is 0 Å². The minimum Gasteiger partial charge on any atom is -0.379 e. The van der Waals surface area contributed by atoms with Gasteiger partial charge in [0, 0.05) is 44.4 Å². The molecule has 1 N–H and O–H groups in total. The van der Waals surface area contributed by atoms with Gasteiger partial charge in [0.05, 0.1) is 34.4 Å². The molecule has 3 rings (SSSR count). The van der Waals surface area contributed by atoms with Crippen molar-refractivity contribution < 1.29 is 22.9 Å². The minimum atomic E-state index is -3.73. The Labute approximate surface area is 199 Å². The maximum atomic E-state index is 13.1. The fourth-order valence-corrected chi connectivity index (χ4v) is 5.04. The van der Waals surface area contributed by atoms with Crippen molar-refractivity contribution in [3.8, 4) is 0 Å². The number of hydrogen-bond acceptors (Lipinski definition) is 7. The predicted octanol–water partition coefficient (Wildman–Crippen LogP) is 3.11. The molecule has 1 saturated heterocycles. The van der Waals surface area contributed by atoms with E-state index in [1.165, 1.54) is 34.7 Å². The summed E-state index contributed by atoms with van der Waals surface area (Å²) in [5, 5.41) is 13.6. The molecule has 0 aliphatic carbocycles. The Kier molecular flexibility index (Phi) is 8.37. The van der Waals surface area contributed by atoms with Crippen LogP contribution < -0.4 is 10.2 Å². The molecule has 0 bridgehead atoms. The van der Waals surface area contributed by atoms with Crippen LogP contribution in [0.15, 0.2) is 53.4 Å². The van der Waals surface area contributed by atoms with Crippen LogP contribution in [0.5, 0.6) is 0 Å². The zero-order valence-corrected chi connectivity index (χ0v) is 20.0. The quantitative estimate of drug-likeness (QED) is 0.327. The fraction of sp³-hybridized carbons (Fsp3) is 0.348. The van der Waals surface area contributed by atoms with E-state index in [-0.39, 0.29) is 23.7 Å². The van der Waals surface area contributed by atoms with Crippen LogP contribution in [0, 0.1) is 10.1 Å². The Balaban J connectivity index is 1.87. The van der Waals surface area contributed by atoms with Gasteiger partial charge >= 0.3 is 0 Å². The minimum absolute atomic E-state index is 0.0382. The number of nitro groups is 1. The zero-order chi connectivity index (χ0) is 24.7. The van der Waals surface area contributed by atoms with E-state index in [2.05, 4.69) is 5.32 Å². The van der Waals surface area contributed by atoms with Crippen LogP contribution in [-0.4, -0.2) is 62.9 Å². The van der Waals surface area contributed by atoms with Crippen LogP contribution in [0.3, 0.4) is 0 Å². The second-order valence-electron chi connectivity index (χ2n) is 7.54. The molecule has 0 atom stereocenters. The van der Waals surface area contributed by atoms with Crippen molar-refractivity contribution in [2.45, 2.75) is 18.7 Å². The molecule has 1 fully saturated rings. The average Bonchev–Trinajstić information content (AvgIpc) is 2.85. The smallest absolute Gasteiger partial charge is 0.269 e. The lowest BCUT2D eigenvalue weighted by atomic mass is 10.2. The number of nitrogens with one attached hydrogen (secondary N) is 1. The van der Waals surface area contributed by atoms with Gasteiger partial charge in [0.1, 0.15) is 0 Å². The van der Waals surface area contributed by atoms with E-state index < -0.39 is 20.9 Å². The van der Waals surface area contributed by atoms with Gasteiger partial charge in [0.2, 0.25) is 15.9 Å². The highest BCUT2D eigenvalue weighted by Gasteiger charge is 2.27. The number of nitro benzene ring substituents is 1. The van der Waals surface area contributed by atoms with Gasteiger partial charge in [-0.2, -0.15) is 4.31 Å². The van der Waals surface area contributed by atoms with Gasteiger partial charge in [-0.25, -0.2) is 8.42 Å². The highest BCUT2D eigenvalue weighted by molar-refractivity contribution is 7.89. The zero-order valence-electron chi connectivity index (χ0n) is 19.1. The van der Waals surface area contributed by atoms with Gasteiger partial charge in [0.15, 0.2) is 0 Å². The monoisotopic (exact) mass is 488 g/mol. The number of anilines is 2. The second-order valence-corrected chi connectivity index (χ2v) is 9.48. The summed E-state index contributed by atoms with van der Waals surface area (Å²) < 4.78 is 32.9. The van der Waals surface area contributed by atoms with Crippen molar-refractivity contribution in [1.82, 2.24) is 4.31 Å². The first kappa shape index (κ1) is 25.3. The Bertz CT molecular complexity index is 1150. The van der Waals surface area contributed by atoms with Crippen LogP contribution in [0.1, 0.15) is 19.4 Å². The van der Waals surface area contributed by atoms with E-state index in [4.69, 9.17) is 4.74 Å². The molecule has 1 aliphatic rings. The molecule has 0 saturated carbocycles. The van der Waals surface area contributed by atoms with Crippen LogP contribution in [0.4, 0.5) is 17.1 Å². The SMILES string of the molecule is CCN(CC)c1ccc(S(=O)(=O)N2CCOCC2)cc1NC(=O)/C=C/c1ccc([N+](=O)[O-])cc1. The summed E-state index contributed by atoms with van der Waals surface area (Å²) in [6, 6.07) is 10.5. The number of non-ortho nitro benzene ring substituents is 1. The molecule has 0 spiro atoms. The number of carbonyl (C=O) groups is 1. The van der Waals surface area contributed by atoms with Gasteiger partial charge in [-0.3, -0.25) is 14.9 Å². The Morgan fingerprint density at radius 1 is 1.15 bits per heavy atom. The largest absolute Gasteiger partial charge is 0.379 e. The fourth-order valence-electron chi connectivity index (χ4n) is 3.61. The summed E-state index contributed by atoms with van der Waals surface area (Å²) in [5.74, 6) is -0.451. The van der Waals surface area contributed by atoms with Gasteiger partial charge in [0.25, 0.3) is 5.69 Å². The molecular formula is C23H28N4O6S. The van der Waals surface area contributed by atoms with Crippen LogP contribution in [0.25, 0.3) is 6.08 Å². The van der Waals surface area contributed by atoms with Crippen molar-refractivity contribution in [1.29, 1.82) is 0 Å². The number of benzene rings is 2. The van der Waals surface area contributed by atoms with Crippen LogP contribution in [0.2, 0.25) is 0 Å². The predicted molar refractivity (Wildman–Crippen MR) is 130 cm³/mol. The summed E-state index contributed by atoms with van der Waals surface area (Å²) >= 11 is 0. The molecule has 1 amide bonds. The average molecular weight is 489 g/mol. The third-order valence-corrected chi connectivity index (χ3v) is 7.36. The van der Waals surface area contributed by atoms with E-state index in [1.807, 2.05) is 18.7 Å². The van der Waals surface area contributed by atoms with Gasteiger partial charge < -0.3 is 15.0 Å². The highest BCUT2D eigenvalue weighted by atomic mass is 32.2. The van der Waals surface area contributed by atoms with Crippen molar-refractivity contribution in [3.63, 3.8) is 0 Å². The summed E-state index contributed by atoms with van der Waals surface area (Å²) in [6.07, 6.45) is 2.83. The van der Waals surface area contributed by atoms with Crippen LogP contribution >= 0.6 is 0 Å². The molecule has 182 valence electrons. The first-order valence-corrected chi connectivity index (χ1v) is 12.4. The molecule has 0 aromatic heterocycles. The van der Waals surface area contributed by atoms with Crippen molar-refractivity contribution in [3.05, 3.63) is 64.2 Å². The molecular weight excluding hydrogens is 460 g/mol. The number of ether oxygens (including phenoxy) is 1. The van der Waals surface area contributed by atoms with Crippen molar-refractivity contribution in [2.24, 2.45) is 0 Å². The molecule has 34 heavy (non-hydrogen) atoms. The Hall–Kier alpha value is -3.28. The molecule has 1 heterocycles. The molecule has 0 unspecified atom stereocenters. The molecule has 0 radical (unpaired) electrons. The van der Waals surface area contributed by atoms with Gasteiger partial charge in [-0.05, 0) is 55.8 Å². The third-order valence-electron chi connectivity index (χ3n) is 5.47. The lowest BCUT2D eigenvalue weighted by Gasteiger charge is -2.28. The van der Waals surface area contributed by atoms with Crippen molar-refractivity contribution in [2.75, 3.05) is 49.6 Å². The van der Waals surface area contributed by atoms with E-state index >= 15 is 0 Å². The summed E-state index contributed by atoms with van der Waals surface area (Å²) in [5.41, 5.74) is 1.68. The molecule has 1 aliphatic heterocycles. The maximum absolute atomic E-state index is 13.1. The standard InChI is InChI=1S/C23H28N4O6S/c1-3-25(4-2)22-11-10-20(34(31,32)26-13-15-33-16-14-26)17-21(22)24-23(28)12-7-18-5-8-19(9-6-18)27(29)30/h5-12,17H,3-4,13-16H2,1-2H3,(H,24,28)/b12-7+. The molecule has 2 aromatic carbocycles.